The third-order valence-corrected chi connectivity index (χ3v) is 2.91. The molecule has 116 valence electrons. The Labute approximate surface area is 129 Å². The number of nitrogens with one attached hydrogen (secondary N) is 2. The van der Waals surface area contributed by atoms with Crippen LogP contribution in [-0.4, -0.2) is 30.1 Å². The van der Waals surface area contributed by atoms with Crippen LogP contribution in [0.25, 0.3) is 0 Å². The van der Waals surface area contributed by atoms with Crippen LogP contribution in [0.4, 0.5) is 10.1 Å². The van der Waals surface area contributed by atoms with E-state index in [0.29, 0.717) is 0 Å². The molecule has 0 atom stereocenters. The number of amides is 2. The molecule has 0 saturated carbocycles. The average molecular weight is 328 g/mol. The summed E-state index contributed by atoms with van der Waals surface area (Å²) >= 11 is 5.69. The van der Waals surface area contributed by atoms with E-state index in [1.165, 1.54) is 12.1 Å². The lowest BCUT2D eigenvalue weighted by molar-refractivity contribution is -0.140. The van der Waals surface area contributed by atoms with Gasteiger partial charge < -0.3 is 10.1 Å². The Morgan fingerprint density at radius 3 is 2.86 bits per heavy atom. The van der Waals surface area contributed by atoms with Crippen molar-refractivity contribution in [1.29, 1.82) is 0 Å². The molecule has 1 aliphatic rings. The molecule has 1 heterocycles. The van der Waals surface area contributed by atoms with Crippen molar-refractivity contribution in [1.82, 2.24) is 5.43 Å². The Morgan fingerprint density at radius 1 is 1.41 bits per heavy atom. The first kappa shape index (κ1) is 15.9. The van der Waals surface area contributed by atoms with E-state index in [4.69, 9.17) is 16.3 Å². The van der Waals surface area contributed by atoms with Crippen LogP contribution in [0.3, 0.4) is 0 Å². The lowest BCUT2D eigenvalue weighted by atomic mass is 10.2. The van der Waals surface area contributed by atoms with E-state index in [1.807, 2.05) is 0 Å². The summed E-state index contributed by atoms with van der Waals surface area (Å²) in [7, 11) is 0. The Kier molecular flexibility index (Phi) is 5.05. The summed E-state index contributed by atoms with van der Waals surface area (Å²) in [6.07, 6.45) is 0.253. The summed E-state index contributed by atoms with van der Waals surface area (Å²) in [6, 6.07) is 3.67. The molecule has 0 saturated heterocycles. The second-order valence-corrected chi connectivity index (χ2v) is 4.78. The highest BCUT2D eigenvalue weighted by atomic mass is 35.5. The van der Waals surface area contributed by atoms with E-state index in [9.17, 15) is 18.8 Å². The van der Waals surface area contributed by atoms with Gasteiger partial charge in [0.05, 0.1) is 5.69 Å². The van der Waals surface area contributed by atoms with Crippen molar-refractivity contribution < 1.29 is 23.5 Å². The third kappa shape index (κ3) is 4.26. The second kappa shape index (κ2) is 6.99. The fourth-order valence-corrected chi connectivity index (χ4v) is 1.79. The van der Waals surface area contributed by atoms with Gasteiger partial charge in [-0.3, -0.25) is 9.59 Å². The Bertz CT molecular complexity index is 663. The van der Waals surface area contributed by atoms with E-state index >= 15 is 0 Å². The molecule has 22 heavy (non-hydrogen) atoms. The predicted molar refractivity (Wildman–Crippen MR) is 75.8 cm³/mol. The van der Waals surface area contributed by atoms with E-state index < -0.39 is 24.3 Å². The van der Waals surface area contributed by atoms with Crippen LogP contribution in [-0.2, 0) is 19.1 Å². The SMILES string of the molecule is O=C1CCC(C(=O)OCC(=O)Nc2cc(Cl)ccc2F)=NN1. The fourth-order valence-electron chi connectivity index (χ4n) is 1.62. The van der Waals surface area contributed by atoms with Gasteiger partial charge in [0, 0.05) is 17.9 Å². The highest BCUT2D eigenvalue weighted by molar-refractivity contribution is 6.37. The Hall–Kier alpha value is -2.48. The zero-order chi connectivity index (χ0) is 16.1. The summed E-state index contributed by atoms with van der Waals surface area (Å²) in [5, 5.41) is 6.01. The molecule has 0 spiro atoms. The van der Waals surface area contributed by atoms with Crippen LogP contribution in [0.5, 0.6) is 0 Å². The van der Waals surface area contributed by atoms with Gasteiger partial charge >= 0.3 is 5.97 Å². The number of rotatable bonds is 4. The molecule has 2 N–H and O–H groups in total. The molecule has 0 bridgehead atoms. The van der Waals surface area contributed by atoms with E-state index in [2.05, 4.69) is 15.8 Å². The Morgan fingerprint density at radius 2 is 2.18 bits per heavy atom. The average Bonchev–Trinajstić information content (AvgIpc) is 2.49. The first-order valence-electron chi connectivity index (χ1n) is 6.23. The normalized spacial score (nSPS) is 13.9. The van der Waals surface area contributed by atoms with Crippen molar-refractivity contribution in [2.45, 2.75) is 12.8 Å². The molecule has 1 aliphatic heterocycles. The zero-order valence-corrected chi connectivity index (χ0v) is 11.9. The van der Waals surface area contributed by atoms with Crippen molar-refractivity contribution in [3.05, 3.63) is 29.0 Å². The maximum Gasteiger partial charge on any atom is 0.355 e. The van der Waals surface area contributed by atoms with Gasteiger partial charge in [-0.1, -0.05) is 11.6 Å². The summed E-state index contributed by atoms with van der Waals surface area (Å²) in [5.74, 6) is -2.51. The van der Waals surface area contributed by atoms with Gasteiger partial charge in [0.2, 0.25) is 5.91 Å². The molecule has 2 amide bonds. The molecule has 0 unspecified atom stereocenters. The largest absolute Gasteiger partial charge is 0.451 e. The second-order valence-electron chi connectivity index (χ2n) is 4.34. The number of esters is 1. The molecule has 0 aliphatic carbocycles. The number of anilines is 1. The van der Waals surface area contributed by atoms with Crippen molar-refractivity contribution in [2.75, 3.05) is 11.9 Å². The molecular weight excluding hydrogens is 317 g/mol. The fraction of sp³-hybridized carbons (Fsp3) is 0.231. The maximum atomic E-state index is 13.4. The topological polar surface area (TPSA) is 96.9 Å². The molecule has 0 radical (unpaired) electrons. The maximum absolute atomic E-state index is 13.4. The van der Waals surface area contributed by atoms with Crippen molar-refractivity contribution in [2.24, 2.45) is 5.10 Å². The summed E-state index contributed by atoms with van der Waals surface area (Å²) in [6.45, 7) is -0.613. The Balaban J connectivity index is 1.86. The van der Waals surface area contributed by atoms with E-state index in [-0.39, 0.29) is 35.2 Å². The lowest BCUT2D eigenvalue weighted by Gasteiger charge is -2.11. The summed E-state index contributed by atoms with van der Waals surface area (Å²) in [5.41, 5.74) is 2.04. The van der Waals surface area contributed by atoms with Crippen molar-refractivity contribution in [3.63, 3.8) is 0 Å². The highest BCUT2D eigenvalue weighted by Crippen LogP contribution is 2.19. The lowest BCUT2D eigenvalue weighted by Crippen LogP contribution is -2.32. The minimum atomic E-state index is -0.818. The predicted octanol–water partition coefficient (Wildman–Crippen LogP) is 1.23. The molecule has 2 rings (SSSR count). The van der Waals surface area contributed by atoms with E-state index in [1.54, 1.807) is 0 Å². The van der Waals surface area contributed by atoms with Gasteiger partial charge in [0.25, 0.3) is 5.91 Å². The van der Waals surface area contributed by atoms with Gasteiger partial charge in [-0.05, 0) is 18.2 Å². The van der Waals surface area contributed by atoms with Crippen LogP contribution in [0.2, 0.25) is 5.02 Å². The number of carbonyl (C=O) groups excluding carboxylic acids is 3. The van der Waals surface area contributed by atoms with Crippen LogP contribution in [0, 0.1) is 5.82 Å². The van der Waals surface area contributed by atoms with Gasteiger partial charge in [0.1, 0.15) is 11.5 Å². The molecular formula is C13H11ClFN3O4. The standard InChI is InChI=1S/C13H11ClFN3O4/c14-7-1-2-8(15)10(5-7)16-12(20)6-22-13(21)9-3-4-11(19)18-17-9/h1-2,5H,3-4,6H2,(H,16,20)(H,18,19). The van der Waals surface area contributed by atoms with Gasteiger partial charge in [0.15, 0.2) is 6.61 Å². The van der Waals surface area contributed by atoms with Crippen molar-refractivity contribution >= 4 is 40.8 Å². The van der Waals surface area contributed by atoms with Crippen molar-refractivity contribution in [3.8, 4) is 0 Å². The minimum Gasteiger partial charge on any atom is -0.451 e. The van der Waals surface area contributed by atoms with E-state index in [0.717, 1.165) is 6.07 Å². The quantitative estimate of drug-likeness (QED) is 0.813. The first-order chi connectivity index (χ1) is 10.5. The third-order valence-electron chi connectivity index (χ3n) is 2.68. The number of hydrogen-bond donors (Lipinski definition) is 2. The number of hydrogen-bond acceptors (Lipinski definition) is 5. The van der Waals surface area contributed by atoms with Gasteiger partial charge in [-0.25, -0.2) is 14.6 Å². The monoisotopic (exact) mass is 327 g/mol. The molecule has 9 heteroatoms. The number of carbonyl (C=O) groups is 3. The smallest absolute Gasteiger partial charge is 0.355 e. The highest BCUT2D eigenvalue weighted by Gasteiger charge is 2.20. The van der Waals surface area contributed by atoms with Crippen LogP contribution in [0.1, 0.15) is 12.8 Å². The summed E-state index contributed by atoms with van der Waals surface area (Å²) < 4.78 is 18.1. The zero-order valence-electron chi connectivity index (χ0n) is 11.2. The van der Waals surface area contributed by atoms with Crippen LogP contribution >= 0.6 is 11.6 Å². The molecule has 0 fully saturated rings. The number of ether oxygens (including phenoxy) is 1. The first-order valence-corrected chi connectivity index (χ1v) is 6.61. The van der Waals surface area contributed by atoms with Crippen LogP contribution in [0.15, 0.2) is 23.3 Å². The van der Waals surface area contributed by atoms with Gasteiger partial charge in [-0.2, -0.15) is 5.10 Å². The number of halogens is 2. The van der Waals surface area contributed by atoms with Gasteiger partial charge in [-0.15, -0.1) is 0 Å². The molecule has 0 aromatic heterocycles. The molecule has 1 aromatic rings. The number of nitrogens with zero attached hydrogens (tertiary/aromatic N) is 1. The number of hydrazone groups is 1. The summed E-state index contributed by atoms with van der Waals surface area (Å²) in [4.78, 5) is 34.1. The molecule has 7 nitrogen and oxygen atoms in total. The minimum absolute atomic E-state index is 0.0151. The number of benzene rings is 1. The van der Waals surface area contributed by atoms with Crippen LogP contribution < -0.4 is 10.7 Å². The molecule has 1 aromatic carbocycles.